The second-order valence-electron chi connectivity index (χ2n) is 6.78. The fourth-order valence-electron chi connectivity index (χ4n) is 3.29. The van der Waals surface area contributed by atoms with E-state index < -0.39 is 0 Å². The molecule has 3 heterocycles. The van der Waals surface area contributed by atoms with Crippen molar-refractivity contribution in [3.05, 3.63) is 47.1 Å². The highest BCUT2D eigenvalue weighted by molar-refractivity contribution is 7.18. The van der Waals surface area contributed by atoms with Crippen LogP contribution in [-0.2, 0) is 17.8 Å². The maximum atomic E-state index is 12.4. The molecule has 4 rings (SSSR count). The summed E-state index contributed by atoms with van der Waals surface area (Å²) >= 11 is 1.24. The topological polar surface area (TPSA) is 88.9 Å². The molecule has 2 amide bonds. The Morgan fingerprint density at radius 1 is 1.00 bits per heavy atom. The van der Waals surface area contributed by atoms with Crippen molar-refractivity contribution in [1.29, 1.82) is 0 Å². The average Bonchev–Trinajstić information content (AvgIpc) is 3.23. The van der Waals surface area contributed by atoms with Gasteiger partial charge in [-0.2, -0.15) is 0 Å². The zero-order chi connectivity index (χ0) is 19.5. The summed E-state index contributed by atoms with van der Waals surface area (Å²) in [6, 6.07) is 11.1. The zero-order valence-electron chi connectivity index (χ0n) is 15.6. The van der Waals surface area contributed by atoms with Crippen molar-refractivity contribution >= 4 is 33.8 Å². The minimum absolute atomic E-state index is 0.157. The predicted molar refractivity (Wildman–Crippen MR) is 110 cm³/mol. The number of aryl methyl sites for hydroxylation is 1. The molecule has 2 aromatic heterocycles. The Bertz CT molecular complexity index is 1010. The van der Waals surface area contributed by atoms with Crippen molar-refractivity contribution in [2.24, 2.45) is 0 Å². The molecule has 0 unspecified atom stereocenters. The second kappa shape index (κ2) is 7.93. The fourth-order valence-corrected chi connectivity index (χ4v) is 4.14. The molecule has 0 aliphatic carbocycles. The number of amides is 2. The van der Waals surface area contributed by atoms with E-state index in [1.807, 2.05) is 24.3 Å². The van der Waals surface area contributed by atoms with Crippen LogP contribution in [0.2, 0.25) is 0 Å². The molecule has 0 radical (unpaired) electrons. The molecular formula is C20H21N5O2S. The molecule has 144 valence electrons. The van der Waals surface area contributed by atoms with E-state index in [1.54, 1.807) is 12.1 Å². The first-order valence-electron chi connectivity index (χ1n) is 9.31. The van der Waals surface area contributed by atoms with Crippen molar-refractivity contribution in [3.63, 3.8) is 0 Å². The van der Waals surface area contributed by atoms with E-state index in [0.29, 0.717) is 15.6 Å². The Morgan fingerprint density at radius 3 is 2.61 bits per heavy atom. The van der Waals surface area contributed by atoms with Crippen molar-refractivity contribution in [2.45, 2.75) is 39.2 Å². The maximum Gasteiger partial charge on any atom is 0.265 e. The van der Waals surface area contributed by atoms with Crippen LogP contribution in [0, 0.1) is 0 Å². The third-order valence-corrected chi connectivity index (χ3v) is 5.64. The molecule has 1 aromatic carbocycles. The van der Waals surface area contributed by atoms with Crippen LogP contribution >= 0.6 is 11.3 Å². The predicted octanol–water partition coefficient (Wildman–Crippen LogP) is 3.94. The van der Waals surface area contributed by atoms with Crippen molar-refractivity contribution < 1.29 is 9.59 Å². The van der Waals surface area contributed by atoms with E-state index in [2.05, 4.69) is 25.4 Å². The molecule has 1 aliphatic heterocycles. The standard InChI is InChI=1S/C20H21N5O2S/c1-13(26)21-18-11-10-16(28-18)20(27)22-15-8-6-14(7-9-15)19-24-23-17-5-3-2-4-12-25(17)19/h6-11H,2-5,12H2,1H3,(H,21,26)(H,22,27). The summed E-state index contributed by atoms with van der Waals surface area (Å²) in [5.74, 6) is 1.58. The summed E-state index contributed by atoms with van der Waals surface area (Å²) in [7, 11) is 0. The van der Waals surface area contributed by atoms with Crippen LogP contribution in [0.5, 0.6) is 0 Å². The number of carbonyl (C=O) groups excluding carboxylic acids is 2. The quantitative estimate of drug-likeness (QED) is 0.700. The number of hydrogen-bond donors (Lipinski definition) is 2. The normalized spacial score (nSPS) is 13.5. The molecule has 0 atom stereocenters. The Balaban J connectivity index is 1.46. The first-order valence-corrected chi connectivity index (χ1v) is 10.1. The van der Waals surface area contributed by atoms with E-state index in [-0.39, 0.29) is 11.8 Å². The third-order valence-electron chi connectivity index (χ3n) is 4.64. The summed E-state index contributed by atoms with van der Waals surface area (Å²) < 4.78 is 2.20. The first kappa shape index (κ1) is 18.4. The van der Waals surface area contributed by atoms with E-state index >= 15 is 0 Å². The Morgan fingerprint density at radius 2 is 1.82 bits per heavy atom. The van der Waals surface area contributed by atoms with E-state index in [1.165, 1.54) is 24.7 Å². The van der Waals surface area contributed by atoms with Crippen molar-refractivity contribution in [1.82, 2.24) is 14.8 Å². The highest BCUT2D eigenvalue weighted by Crippen LogP contribution is 2.25. The molecule has 2 N–H and O–H groups in total. The van der Waals surface area contributed by atoms with Gasteiger partial charge in [-0.1, -0.05) is 6.42 Å². The first-order chi connectivity index (χ1) is 13.6. The molecule has 0 fully saturated rings. The molecule has 28 heavy (non-hydrogen) atoms. The summed E-state index contributed by atoms with van der Waals surface area (Å²) in [5, 5.41) is 14.9. The summed E-state index contributed by atoms with van der Waals surface area (Å²) in [5.41, 5.74) is 1.70. The number of benzene rings is 1. The number of fused-ring (bicyclic) bond motifs is 1. The fraction of sp³-hybridized carbons (Fsp3) is 0.300. The van der Waals surface area contributed by atoms with Crippen LogP contribution in [0.3, 0.4) is 0 Å². The number of rotatable bonds is 4. The highest BCUT2D eigenvalue weighted by atomic mass is 32.1. The van der Waals surface area contributed by atoms with Crippen LogP contribution < -0.4 is 10.6 Å². The smallest absolute Gasteiger partial charge is 0.265 e. The van der Waals surface area contributed by atoms with Gasteiger partial charge in [0.2, 0.25) is 5.91 Å². The van der Waals surface area contributed by atoms with Gasteiger partial charge in [0.25, 0.3) is 5.91 Å². The lowest BCUT2D eigenvalue weighted by Gasteiger charge is -2.08. The van der Waals surface area contributed by atoms with E-state index in [9.17, 15) is 9.59 Å². The van der Waals surface area contributed by atoms with E-state index in [4.69, 9.17) is 0 Å². The molecule has 7 nitrogen and oxygen atoms in total. The third kappa shape index (κ3) is 3.96. The number of aromatic nitrogens is 3. The van der Waals surface area contributed by atoms with Gasteiger partial charge in [-0.15, -0.1) is 21.5 Å². The molecule has 0 saturated carbocycles. The second-order valence-corrected chi connectivity index (χ2v) is 7.86. The lowest BCUT2D eigenvalue weighted by molar-refractivity contribution is -0.114. The average molecular weight is 395 g/mol. The van der Waals surface area contributed by atoms with Gasteiger partial charge in [-0.05, 0) is 49.2 Å². The summed E-state index contributed by atoms with van der Waals surface area (Å²) in [6.45, 7) is 2.39. The lowest BCUT2D eigenvalue weighted by atomic mass is 10.2. The van der Waals surface area contributed by atoms with Crippen LogP contribution in [0.1, 0.15) is 41.7 Å². The molecule has 1 aliphatic rings. The number of thiophene rings is 1. The Kier molecular flexibility index (Phi) is 5.21. The summed E-state index contributed by atoms with van der Waals surface area (Å²) in [6.07, 6.45) is 4.51. The zero-order valence-corrected chi connectivity index (χ0v) is 16.4. The number of hydrogen-bond acceptors (Lipinski definition) is 5. The lowest BCUT2D eigenvalue weighted by Crippen LogP contribution is -2.10. The minimum Gasteiger partial charge on any atom is -0.321 e. The van der Waals surface area contributed by atoms with Crippen LogP contribution in [0.25, 0.3) is 11.4 Å². The molecule has 0 spiro atoms. The van der Waals surface area contributed by atoms with Gasteiger partial charge in [0.15, 0.2) is 5.82 Å². The largest absolute Gasteiger partial charge is 0.321 e. The van der Waals surface area contributed by atoms with Crippen LogP contribution in [0.4, 0.5) is 10.7 Å². The molecule has 0 saturated heterocycles. The number of carbonyl (C=O) groups is 2. The monoisotopic (exact) mass is 395 g/mol. The van der Waals surface area contributed by atoms with Crippen molar-refractivity contribution in [3.8, 4) is 11.4 Å². The Labute approximate surface area is 166 Å². The number of nitrogens with one attached hydrogen (secondary N) is 2. The van der Waals surface area contributed by atoms with Crippen LogP contribution in [0.15, 0.2) is 36.4 Å². The number of anilines is 2. The van der Waals surface area contributed by atoms with Gasteiger partial charge < -0.3 is 15.2 Å². The maximum absolute atomic E-state index is 12.4. The highest BCUT2D eigenvalue weighted by Gasteiger charge is 2.16. The minimum atomic E-state index is -0.203. The van der Waals surface area contributed by atoms with Gasteiger partial charge in [0.05, 0.1) is 9.88 Å². The van der Waals surface area contributed by atoms with E-state index in [0.717, 1.165) is 43.0 Å². The molecule has 0 bridgehead atoms. The van der Waals surface area contributed by atoms with Gasteiger partial charge in [0, 0.05) is 31.1 Å². The van der Waals surface area contributed by atoms with Crippen molar-refractivity contribution in [2.75, 3.05) is 10.6 Å². The Hall–Kier alpha value is -3.00. The molecule has 3 aromatic rings. The molecular weight excluding hydrogens is 374 g/mol. The van der Waals surface area contributed by atoms with Gasteiger partial charge in [0.1, 0.15) is 5.82 Å². The van der Waals surface area contributed by atoms with Gasteiger partial charge in [-0.25, -0.2) is 0 Å². The van der Waals surface area contributed by atoms with Gasteiger partial charge in [-0.3, -0.25) is 9.59 Å². The molecule has 8 heteroatoms. The summed E-state index contributed by atoms with van der Waals surface area (Å²) in [4.78, 5) is 24.1. The van der Waals surface area contributed by atoms with Gasteiger partial charge >= 0.3 is 0 Å². The van der Waals surface area contributed by atoms with Crippen LogP contribution in [-0.4, -0.2) is 26.6 Å². The number of nitrogens with zero attached hydrogens (tertiary/aromatic N) is 3. The SMILES string of the molecule is CC(=O)Nc1ccc(C(=O)Nc2ccc(-c3nnc4n3CCCCC4)cc2)s1.